The van der Waals surface area contributed by atoms with Crippen molar-refractivity contribution < 1.29 is 14.7 Å². The lowest BCUT2D eigenvalue weighted by Gasteiger charge is -2.43. The van der Waals surface area contributed by atoms with E-state index in [1.807, 2.05) is 18.2 Å². The Labute approximate surface area is 155 Å². The zero-order valence-corrected chi connectivity index (χ0v) is 14.7. The molecule has 2 atom stereocenters. The minimum atomic E-state index is -0.494. The van der Waals surface area contributed by atoms with Crippen LogP contribution >= 0.6 is 0 Å². The first kappa shape index (κ1) is 17.6. The third-order valence-electron chi connectivity index (χ3n) is 5.25. The molecular weight excluding hydrogens is 350 g/mol. The van der Waals surface area contributed by atoms with Gasteiger partial charge in [0.25, 0.3) is 11.5 Å². The molecule has 1 N–H and O–H groups in total. The number of amides is 1. The Morgan fingerprint density at radius 1 is 1.19 bits per heavy atom. The van der Waals surface area contributed by atoms with Gasteiger partial charge in [-0.15, -0.1) is 0 Å². The molecule has 1 fully saturated rings. The third-order valence-corrected chi connectivity index (χ3v) is 5.25. The van der Waals surface area contributed by atoms with E-state index in [9.17, 15) is 14.8 Å². The quantitative estimate of drug-likeness (QED) is 0.821. The molecule has 142 valence electrons. The maximum absolute atomic E-state index is 12.6. The van der Waals surface area contributed by atoms with Crippen LogP contribution in [0.15, 0.2) is 47.3 Å². The molecule has 2 bridgehead atoms. The Morgan fingerprint density at radius 3 is 2.70 bits per heavy atom. The maximum Gasteiger partial charge on any atom is 0.275 e. The van der Waals surface area contributed by atoms with Crippen LogP contribution in [-0.2, 0) is 11.3 Å². The van der Waals surface area contributed by atoms with Crippen molar-refractivity contribution in [2.75, 3.05) is 24.9 Å². The molecule has 0 aliphatic carbocycles. The average Bonchev–Trinajstić information content (AvgIpc) is 2.67. The number of likely N-dealkylation sites (tertiary alicyclic amines) is 1. The fourth-order valence-corrected chi connectivity index (χ4v) is 4.04. The van der Waals surface area contributed by atoms with E-state index in [1.165, 1.54) is 6.07 Å². The van der Waals surface area contributed by atoms with E-state index in [1.54, 1.807) is 27.7 Å². The topological polar surface area (TPSA) is 98.1 Å². The molecule has 2 aliphatic heterocycles. The first-order valence-corrected chi connectivity index (χ1v) is 8.88. The van der Waals surface area contributed by atoms with Gasteiger partial charge in [-0.2, -0.15) is 0 Å². The average molecular weight is 370 g/mol. The number of rotatable bonds is 4. The van der Waals surface area contributed by atoms with Crippen LogP contribution < -0.4 is 15.5 Å². The monoisotopic (exact) mass is 370 g/mol. The summed E-state index contributed by atoms with van der Waals surface area (Å²) in [6.07, 6.45) is 0.891. The Hall–Kier alpha value is -2.84. The van der Waals surface area contributed by atoms with Crippen LogP contribution in [0.3, 0.4) is 0 Å². The van der Waals surface area contributed by atoms with Gasteiger partial charge in [0.05, 0.1) is 0 Å². The molecule has 8 heteroatoms. The molecule has 4 rings (SSSR count). The first-order chi connectivity index (χ1) is 13.0. The number of anilines is 1. The number of benzene rings is 1. The van der Waals surface area contributed by atoms with Crippen molar-refractivity contribution in [3.8, 4) is 5.75 Å². The van der Waals surface area contributed by atoms with Gasteiger partial charge < -0.3 is 24.6 Å². The summed E-state index contributed by atoms with van der Waals surface area (Å²) < 4.78 is 7.11. The van der Waals surface area contributed by atoms with Gasteiger partial charge >= 0.3 is 0 Å². The van der Waals surface area contributed by atoms with Crippen molar-refractivity contribution in [2.24, 2.45) is 5.92 Å². The van der Waals surface area contributed by atoms with E-state index >= 15 is 0 Å². The maximum atomic E-state index is 12.6. The summed E-state index contributed by atoms with van der Waals surface area (Å²) in [7, 11) is 0. The predicted molar refractivity (Wildman–Crippen MR) is 97.7 cm³/mol. The summed E-state index contributed by atoms with van der Waals surface area (Å²) in [5, 5.41) is 19.8. The lowest BCUT2D eigenvalue weighted by Crippen LogP contribution is -2.50. The van der Waals surface area contributed by atoms with Gasteiger partial charge in [-0.05, 0) is 36.6 Å². The Bertz CT molecular complexity index is 896. The van der Waals surface area contributed by atoms with E-state index in [2.05, 4.69) is 0 Å². The van der Waals surface area contributed by atoms with Crippen molar-refractivity contribution in [2.45, 2.75) is 18.9 Å². The number of nitrogens with zero attached hydrogens (tertiary/aromatic N) is 3. The summed E-state index contributed by atoms with van der Waals surface area (Å²) in [5.74, 6) is 0.725. The smallest absolute Gasteiger partial charge is 0.275 e. The number of hydrogen-bond acceptors (Lipinski definition) is 6. The summed E-state index contributed by atoms with van der Waals surface area (Å²) in [6, 6.07) is 12.2. The Morgan fingerprint density at radius 2 is 1.96 bits per heavy atom. The Balaban J connectivity index is 1.49. The highest BCUT2D eigenvalue weighted by molar-refractivity contribution is 5.78. The van der Waals surface area contributed by atoms with Crippen LogP contribution in [0.2, 0.25) is 0 Å². The van der Waals surface area contributed by atoms with E-state index in [4.69, 9.17) is 9.94 Å². The molecule has 3 heterocycles. The second-order valence-electron chi connectivity index (χ2n) is 7.03. The van der Waals surface area contributed by atoms with Crippen LogP contribution in [0.5, 0.6) is 5.75 Å². The zero-order chi connectivity index (χ0) is 19.0. The van der Waals surface area contributed by atoms with Crippen molar-refractivity contribution in [1.29, 1.82) is 0 Å². The predicted octanol–water partition coefficient (Wildman–Crippen LogP) is 1.57. The lowest BCUT2D eigenvalue weighted by molar-refractivity contribution is -0.136. The molecule has 0 saturated carbocycles. The number of carbonyl (C=O) groups excluding carboxylic acids is 1. The number of para-hydroxylation sites is 1. The molecular formula is C19H20N3O5-. The highest BCUT2D eigenvalue weighted by Gasteiger charge is 2.36. The standard InChI is InChI=1S/C19H20N3O5/c23-18(12-27-15-4-2-1-3-5-15)20-9-13-8-14(11-20)16-6-7-17(22(25)26)19(24)21(16)10-13/h1-7,13-14,25H,8-12H2/q-1. The fraction of sp³-hybridized carbons (Fsp3) is 0.368. The number of hydrogen-bond donors (Lipinski definition) is 1. The zero-order valence-electron chi connectivity index (χ0n) is 14.7. The molecule has 1 saturated heterocycles. The molecule has 1 aromatic heterocycles. The molecule has 2 unspecified atom stereocenters. The van der Waals surface area contributed by atoms with Gasteiger partial charge in [-0.3, -0.25) is 14.8 Å². The number of piperidine rings is 1. The van der Waals surface area contributed by atoms with Crippen LogP contribution in [0, 0.1) is 11.1 Å². The van der Waals surface area contributed by atoms with E-state index < -0.39 is 10.8 Å². The summed E-state index contributed by atoms with van der Waals surface area (Å²) >= 11 is 0. The second kappa shape index (κ2) is 7.05. The van der Waals surface area contributed by atoms with Crippen LogP contribution in [0.25, 0.3) is 0 Å². The summed E-state index contributed by atoms with van der Waals surface area (Å²) in [6.45, 7) is 1.46. The first-order valence-electron chi connectivity index (χ1n) is 8.88. The van der Waals surface area contributed by atoms with Crippen molar-refractivity contribution in [3.05, 3.63) is 63.7 Å². The molecule has 2 aromatic rings. The van der Waals surface area contributed by atoms with Crippen molar-refractivity contribution in [3.63, 3.8) is 0 Å². The number of pyridine rings is 1. The van der Waals surface area contributed by atoms with Gasteiger partial charge in [-0.25, -0.2) is 0 Å². The fourth-order valence-electron chi connectivity index (χ4n) is 4.04. The SMILES string of the molecule is O=C(COc1ccccc1)N1CC2CC(C1)c1ccc(N([O-])O)c(=O)n1C2. The third kappa shape index (κ3) is 3.41. The van der Waals surface area contributed by atoms with Crippen LogP contribution in [0.4, 0.5) is 5.69 Å². The number of fused-ring (bicyclic) bond motifs is 4. The number of carbonyl (C=O) groups is 1. The van der Waals surface area contributed by atoms with Crippen LogP contribution in [0.1, 0.15) is 18.0 Å². The molecule has 0 radical (unpaired) electrons. The minimum Gasteiger partial charge on any atom is -0.733 e. The van der Waals surface area contributed by atoms with E-state index in [0.29, 0.717) is 25.4 Å². The van der Waals surface area contributed by atoms with Gasteiger partial charge in [0.1, 0.15) is 11.4 Å². The molecule has 1 aromatic carbocycles. The van der Waals surface area contributed by atoms with Crippen molar-refractivity contribution in [1.82, 2.24) is 9.47 Å². The van der Waals surface area contributed by atoms with E-state index in [0.717, 1.165) is 12.1 Å². The van der Waals surface area contributed by atoms with Gasteiger partial charge in [-0.1, -0.05) is 18.2 Å². The molecule has 27 heavy (non-hydrogen) atoms. The summed E-state index contributed by atoms with van der Waals surface area (Å²) in [4.78, 5) is 26.8. The molecule has 0 spiro atoms. The van der Waals surface area contributed by atoms with Gasteiger partial charge in [0.2, 0.25) is 0 Å². The normalized spacial score (nSPS) is 20.7. The highest BCUT2D eigenvalue weighted by atomic mass is 16.8. The minimum absolute atomic E-state index is 0.0230. The number of ether oxygens (including phenoxy) is 1. The van der Waals surface area contributed by atoms with Crippen molar-refractivity contribution >= 4 is 11.6 Å². The highest BCUT2D eigenvalue weighted by Crippen LogP contribution is 2.35. The lowest BCUT2D eigenvalue weighted by atomic mass is 9.83. The largest absolute Gasteiger partial charge is 0.733 e. The van der Waals surface area contributed by atoms with E-state index in [-0.39, 0.29) is 30.0 Å². The van der Waals surface area contributed by atoms with Gasteiger partial charge in [0, 0.05) is 31.2 Å². The molecule has 8 nitrogen and oxygen atoms in total. The Kier molecular flexibility index (Phi) is 4.59. The van der Waals surface area contributed by atoms with Gasteiger partial charge in [0.15, 0.2) is 6.61 Å². The van der Waals surface area contributed by atoms with Crippen LogP contribution in [-0.4, -0.2) is 40.3 Å². The number of aromatic nitrogens is 1. The second-order valence-corrected chi connectivity index (χ2v) is 7.03. The molecule has 2 aliphatic rings. The molecule has 1 amide bonds. The summed E-state index contributed by atoms with van der Waals surface area (Å²) in [5.41, 5.74) is 0.0122.